The van der Waals surface area contributed by atoms with Crippen LogP contribution in [0.25, 0.3) is 0 Å². The third-order valence-electron chi connectivity index (χ3n) is 6.83. The molecular weight excluding hydrogens is 356 g/mol. The van der Waals surface area contributed by atoms with Gasteiger partial charge in [0.1, 0.15) is 5.54 Å². The summed E-state index contributed by atoms with van der Waals surface area (Å²) in [6.45, 7) is 13.6. The van der Waals surface area contributed by atoms with Crippen molar-refractivity contribution in [2.45, 2.75) is 65.8 Å². The van der Waals surface area contributed by atoms with Gasteiger partial charge < -0.3 is 10.2 Å². The van der Waals surface area contributed by atoms with Gasteiger partial charge in [-0.05, 0) is 37.0 Å². The van der Waals surface area contributed by atoms with Crippen LogP contribution in [0, 0.1) is 17.3 Å². The van der Waals surface area contributed by atoms with Gasteiger partial charge in [0.2, 0.25) is 5.91 Å². The fraction of sp³-hybridized carbons (Fsp3) is 0.857. The first-order valence-corrected chi connectivity index (χ1v) is 10.7. The van der Waals surface area contributed by atoms with Crippen LogP contribution in [0.3, 0.4) is 0 Å². The monoisotopic (exact) mass is 392 g/mol. The van der Waals surface area contributed by atoms with Gasteiger partial charge in [-0.15, -0.1) is 0 Å². The van der Waals surface area contributed by atoms with E-state index in [0.29, 0.717) is 38.8 Å². The number of piperazine rings is 1. The Balaban J connectivity index is 1.56. The quantitative estimate of drug-likeness (QED) is 0.748. The van der Waals surface area contributed by atoms with E-state index in [4.69, 9.17) is 0 Å². The molecule has 3 aliphatic rings. The van der Waals surface area contributed by atoms with Crippen LogP contribution in [-0.2, 0) is 9.59 Å². The zero-order valence-electron chi connectivity index (χ0n) is 18.1. The van der Waals surface area contributed by atoms with Crippen molar-refractivity contribution in [1.82, 2.24) is 20.0 Å². The minimum Gasteiger partial charge on any atom is -0.340 e. The van der Waals surface area contributed by atoms with Gasteiger partial charge in [-0.1, -0.05) is 34.6 Å². The van der Waals surface area contributed by atoms with Crippen molar-refractivity contribution in [2.24, 2.45) is 17.3 Å². The van der Waals surface area contributed by atoms with Crippen LogP contribution in [0.5, 0.6) is 0 Å². The second kappa shape index (κ2) is 7.65. The number of carbonyl (C=O) groups is 3. The number of imide groups is 1. The average Bonchev–Trinajstić information content (AvgIpc) is 2.85. The van der Waals surface area contributed by atoms with Crippen LogP contribution in [0.1, 0.15) is 60.3 Å². The molecule has 0 aromatic carbocycles. The normalized spacial score (nSPS) is 29.7. The summed E-state index contributed by atoms with van der Waals surface area (Å²) in [5, 5.41) is 3.02. The third kappa shape index (κ3) is 4.04. The standard InChI is InChI=1S/C21H36N4O3/c1-15(2)17(26)24-12-10-23(11-13-24)14-25-18(27)21(22-19(25)28)8-6-16(7-9-21)20(3,4)5/h15-16H,6-14H2,1-5H3,(H,22,28). The Labute approximate surface area is 168 Å². The maximum atomic E-state index is 13.1. The highest BCUT2D eigenvalue weighted by atomic mass is 16.2. The molecule has 0 aromatic rings. The molecule has 7 nitrogen and oxygen atoms in total. The first kappa shape index (κ1) is 21.1. The lowest BCUT2D eigenvalue weighted by atomic mass is 9.67. The molecule has 3 rings (SSSR count). The smallest absolute Gasteiger partial charge is 0.326 e. The number of rotatable bonds is 3. The summed E-state index contributed by atoms with van der Waals surface area (Å²) >= 11 is 0. The topological polar surface area (TPSA) is 73.0 Å². The zero-order chi connectivity index (χ0) is 20.7. The second-order valence-electron chi connectivity index (χ2n) is 10.1. The third-order valence-corrected chi connectivity index (χ3v) is 6.83. The van der Waals surface area contributed by atoms with Crippen molar-refractivity contribution in [3.8, 4) is 0 Å². The summed E-state index contributed by atoms with van der Waals surface area (Å²) in [6.07, 6.45) is 3.40. The first-order chi connectivity index (χ1) is 13.0. The molecule has 0 aromatic heterocycles. The number of amides is 4. The summed E-state index contributed by atoms with van der Waals surface area (Å²) in [5.41, 5.74) is -0.464. The molecule has 0 atom stereocenters. The van der Waals surface area contributed by atoms with Crippen LogP contribution in [0.15, 0.2) is 0 Å². The van der Waals surface area contributed by atoms with E-state index in [9.17, 15) is 14.4 Å². The highest BCUT2D eigenvalue weighted by Crippen LogP contribution is 2.43. The van der Waals surface area contributed by atoms with E-state index in [2.05, 4.69) is 31.0 Å². The van der Waals surface area contributed by atoms with E-state index in [1.54, 1.807) is 0 Å². The van der Waals surface area contributed by atoms with Gasteiger partial charge in [-0.3, -0.25) is 14.5 Å². The van der Waals surface area contributed by atoms with Crippen molar-refractivity contribution in [3.05, 3.63) is 0 Å². The summed E-state index contributed by atoms with van der Waals surface area (Å²) in [7, 11) is 0. The number of hydrogen-bond acceptors (Lipinski definition) is 4. The molecule has 0 radical (unpaired) electrons. The molecule has 0 bridgehead atoms. The first-order valence-electron chi connectivity index (χ1n) is 10.7. The molecule has 4 amide bonds. The summed E-state index contributed by atoms with van der Waals surface area (Å²) in [5.74, 6) is 0.693. The number of hydrogen-bond donors (Lipinski definition) is 1. The molecule has 1 aliphatic carbocycles. The summed E-state index contributed by atoms with van der Waals surface area (Å²) in [6, 6.07) is -0.264. The van der Waals surface area contributed by atoms with Gasteiger partial charge in [0, 0.05) is 32.1 Å². The van der Waals surface area contributed by atoms with E-state index >= 15 is 0 Å². The molecule has 1 N–H and O–H groups in total. The molecule has 2 heterocycles. The summed E-state index contributed by atoms with van der Waals surface area (Å²) < 4.78 is 0. The molecule has 1 spiro atoms. The van der Waals surface area contributed by atoms with E-state index < -0.39 is 5.54 Å². The molecule has 2 aliphatic heterocycles. The Morgan fingerprint density at radius 2 is 1.68 bits per heavy atom. The molecule has 3 fully saturated rings. The van der Waals surface area contributed by atoms with Crippen molar-refractivity contribution in [1.29, 1.82) is 0 Å². The fourth-order valence-electron chi connectivity index (χ4n) is 4.79. The highest BCUT2D eigenvalue weighted by Gasteiger charge is 2.53. The number of urea groups is 1. The highest BCUT2D eigenvalue weighted by molar-refractivity contribution is 6.07. The minimum absolute atomic E-state index is 0.000529. The molecule has 7 heteroatoms. The van der Waals surface area contributed by atoms with Crippen LogP contribution < -0.4 is 5.32 Å². The van der Waals surface area contributed by atoms with Gasteiger partial charge in [-0.2, -0.15) is 0 Å². The van der Waals surface area contributed by atoms with E-state index in [-0.39, 0.29) is 29.2 Å². The Kier molecular flexibility index (Phi) is 5.76. The van der Waals surface area contributed by atoms with Gasteiger partial charge in [0.05, 0.1) is 6.67 Å². The van der Waals surface area contributed by atoms with E-state index in [1.165, 1.54) is 4.90 Å². The Hall–Kier alpha value is -1.63. The van der Waals surface area contributed by atoms with Crippen molar-refractivity contribution in [2.75, 3.05) is 32.8 Å². The Bertz CT molecular complexity index is 624. The van der Waals surface area contributed by atoms with Gasteiger partial charge >= 0.3 is 6.03 Å². The molecule has 1 saturated carbocycles. The minimum atomic E-state index is -0.700. The molecular formula is C21H36N4O3. The molecule has 28 heavy (non-hydrogen) atoms. The Morgan fingerprint density at radius 1 is 1.11 bits per heavy atom. The van der Waals surface area contributed by atoms with Gasteiger partial charge in [0.15, 0.2) is 0 Å². The maximum absolute atomic E-state index is 13.1. The summed E-state index contributed by atoms with van der Waals surface area (Å²) in [4.78, 5) is 43.2. The largest absolute Gasteiger partial charge is 0.340 e. The van der Waals surface area contributed by atoms with Gasteiger partial charge in [-0.25, -0.2) is 9.69 Å². The van der Waals surface area contributed by atoms with Gasteiger partial charge in [0.25, 0.3) is 5.91 Å². The number of nitrogens with zero attached hydrogens (tertiary/aromatic N) is 3. The van der Waals surface area contributed by atoms with Crippen molar-refractivity contribution in [3.63, 3.8) is 0 Å². The fourth-order valence-corrected chi connectivity index (χ4v) is 4.79. The lowest BCUT2D eigenvalue weighted by Gasteiger charge is -2.41. The second-order valence-corrected chi connectivity index (χ2v) is 10.1. The SMILES string of the molecule is CC(C)C(=O)N1CCN(CN2C(=O)NC3(CCC(C(C)(C)C)CC3)C2=O)CC1. The lowest BCUT2D eigenvalue weighted by molar-refractivity contribution is -0.138. The predicted octanol–water partition coefficient (Wildman–Crippen LogP) is 2.27. The number of nitrogens with one attached hydrogen (secondary N) is 1. The lowest BCUT2D eigenvalue weighted by Crippen LogP contribution is -2.54. The van der Waals surface area contributed by atoms with Crippen LogP contribution >= 0.6 is 0 Å². The Morgan fingerprint density at radius 3 is 2.18 bits per heavy atom. The average molecular weight is 393 g/mol. The van der Waals surface area contributed by atoms with Crippen LogP contribution in [0.4, 0.5) is 4.79 Å². The molecule has 0 unspecified atom stereocenters. The van der Waals surface area contributed by atoms with Crippen LogP contribution in [-0.4, -0.2) is 70.9 Å². The predicted molar refractivity (Wildman–Crippen MR) is 107 cm³/mol. The maximum Gasteiger partial charge on any atom is 0.326 e. The molecule has 158 valence electrons. The molecule has 2 saturated heterocycles. The number of carbonyl (C=O) groups excluding carboxylic acids is 3. The van der Waals surface area contributed by atoms with Crippen molar-refractivity contribution < 1.29 is 14.4 Å². The van der Waals surface area contributed by atoms with E-state index in [1.807, 2.05) is 18.7 Å². The van der Waals surface area contributed by atoms with E-state index in [0.717, 1.165) is 25.7 Å². The zero-order valence-corrected chi connectivity index (χ0v) is 18.1. The van der Waals surface area contributed by atoms with Crippen molar-refractivity contribution >= 4 is 17.8 Å². The van der Waals surface area contributed by atoms with Crippen LogP contribution in [0.2, 0.25) is 0 Å².